The smallest absolute Gasteiger partial charge is 0.360 e. The maximum atomic E-state index is 12.1. The summed E-state index contributed by atoms with van der Waals surface area (Å²) in [7, 11) is 0. The number of carbonyl (C=O) groups excluding carboxylic acids is 1. The van der Waals surface area contributed by atoms with Crippen molar-refractivity contribution in [3.63, 3.8) is 0 Å². The van der Waals surface area contributed by atoms with Crippen LogP contribution < -0.4 is 0 Å². The molecular formula is C13H11ClF3NO2. The maximum absolute atomic E-state index is 12.1. The molecular weight excluding hydrogens is 295 g/mol. The summed E-state index contributed by atoms with van der Waals surface area (Å²) in [6.07, 6.45) is -2.78. The van der Waals surface area contributed by atoms with Gasteiger partial charge in [-0.2, -0.15) is 13.2 Å². The Morgan fingerprint density at radius 2 is 2.10 bits per heavy atom. The number of nitrogens with zero attached hydrogens (tertiary/aromatic N) is 1. The molecule has 0 amide bonds. The van der Waals surface area contributed by atoms with Crippen molar-refractivity contribution in [2.24, 2.45) is 0 Å². The third kappa shape index (κ3) is 3.74. The lowest BCUT2D eigenvalue weighted by atomic mass is 10.0. The summed E-state index contributed by atoms with van der Waals surface area (Å²) in [5.74, 6) is -2.20. The third-order valence-electron chi connectivity index (χ3n) is 2.81. The average Bonchev–Trinajstić information content (AvgIpc) is 2.38. The standard InChI is InChI=1S/C13H11ClF3NO2/c14-11-3-1-2-10(8-11)9-4-6-18(7-5-9)20-12(19)13(15,16)17/h1-4,8H,5-7H2. The molecule has 0 radical (unpaired) electrons. The van der Waals surface area contributed by atoms with Gasteiger partial charge < -0.3 is 4.84 Å². The Morgan fingerprint density at radius 1 is 1.35 bits per heavy atom. The third-order valence-corrected chi connectivity index (χ3v) is 3.05. The minimum atomic E-state index is -4.98. The normalized spacial score (nSPS) is 16.7. The van der Waals surface area contributed by atoms with Crippen LogP contribution in [0.4, 0.5) is 13.2 Å². The fraction of sp³-hybridized carbons (Fsp3) is 0.308. The van der Waals surface area contributed by atoms with E-state index in [1.165, 1.54) is 0 Å². The summed E-state index contributed by atoms with van der Waals surface area (Å²) in [6.45, 7) is 0.323. The summed E-state index contributed by atoms with van der Waals surface area (Å²) in [5, 5.41) is 1.58. The predicted molar refractivity (Wildman–Crippen MR) is 67.8 cm³/mol. The van der Waals surface area contributed by atoms with Gasteiger partial charge in [0, 0.05) is 11.6 Å². The first-order chi connectivity index (χ1) is 9.36. The number of rotatable bonds is 2. The van der Waals surface area contributed by atoms with E-state index in [4.69, 9.17) is 11.6 Å². The van der Waals surface area contributed by atoms with E-state index in [-0.39, 0.29) is 13.1 Å². The number of hydroxylamine groups is 2. The van der Waals surface area contributed by atoms with E-state index < -0.39 is 12.1 Å². The maximum Gasteiger partial charge on any atom is 0.492 e. The molecule has 108 valence electrons. The molecule has 1 aliphatic heterocycles. The van der Waals surface area contributed by atoms with Crippen molar-refractivity contribution in [1.82, 2.24) is 5.06 Å². The second-order valence-electron chi connectivity index (χ2n) is 4.25. The molecule has 0 N–H and O–H groups in total. The van der Waals surface area contributed by atoms with E-state index in [1.807, 2.05) is 6.07 Å². The zero-order chi connectivity index (χ0) is 14.8. The van der Waals surface area contributed by atoms with E-state index in [0.717, 1.165) is 16.2 Å². The summed E-state index contributed by atoms with van der Waals surface area (Å²) >= 11 is 5.88. The molecule has 1 aromatic carbocycles. The largest absolute Gasteiger partial charge is 0.492 e. The highest BCUT2D eigenvalue weighted by molar-refractivity contribution is 6.30. The lowest BCUT2D eigenvalue weighted by molar-refractivity contribution is -0.237. The Kier molecular flexibility index (Phi) is 4.35. The van der Waals surface area contributed by atoms with E-state index in [1.54, 1.807) is 24.3 Å². The summed E-state index contributed by atoms with van der Waals surface area (Å²) < 4.78 is 36.2. The van der Waals surface area contributed by atoms with Crippen LogP contribution in [0.25, 0.3) is 5.57 Å². The van der Waals surface area contributed by atoms with Gasteiger partial charge in [0.15, 0.2) is 0 Å². The fourth-order valence-corrected chi connectivity index (χ4v) is 2.04. The minimum absolute atomic E-state index is 0.115. The number of hydrogen-bond donors (Lipinski definition) is 0. The Bertz CT molecular complexity index is 543. The van der Waals surface area contributed by atoms with Crippen molar-refractivity contribution in [1.29, 1.82) is 0 Å². The summed E-state index contributed by atoms with van der Waals surface area (Å²) in [6, 6.07) is 7.19. The average molecular weight is 306 g/mol. The molecule has 2 rings (SSSR count). The van der Waals surface area contributed by atoms with Crippen LogP contribution in [-0.4, -0.2) is 30.3 Å². The first-order valence-corrected chi connectivity index (χ1v) is 6.23. The van der Waals surface area contributed by atoms with Gasteiger partial charge in [-0.05, 0) is 29.7 Å². The molecule has 0 aliphatic carbocycles. The van der Waals surface area contributed by atoms with Crippen LogP contribution in [0, 0.1) is 0 Å². The van der Waals surface area contributed by atoms with Crippen LogP contribution in [0.3, 0.4) is 0 Å². The van der Waals surface area contributed by atoms with Crippen LogP contribution in [0.1, 0.15) is 12.0 Å². The Balaban J connectivity index is 1.99. The van der Waals surface area contributed by atoms with Crippen molar-refractivity contribution in [3.05, 3.63) is 40.9 Å². The van der Waals surface area contributed by atoms with Crippen molar-refractivity contribution in [2.75, 3.05) is 13.1 Å². The molecule has 0 fully saturated rings. The zero-order valence-corrected chi connectivity index (χ0v) is 11.0. The van der Waals surface area contributed by atoms with E-state index in [2.05, 4.69) is 4.84 Å². The molecule has 1 aliphatic rings. The first-order valence-electron chi connectivity index (χ1n) is 5.85. The van der Waals surface area contributed by atoms with Crippen LogP contribution in [0.15, 0.2) is 30.3 Å². The monoisotopic (exact) mass is 305 g/mol. The topological polar surface area (TPSA) is 29.5 Å². The Labute approximate surface area is 118 Å². The molecule has 20 heavy (non-hydrogen) atoms. The SMILES string of the molecule is O=C(ON1CC=C(c2cccc(Cl)c2)CC1)C(F)(F)F. The van der Waals surface area contributed by atoms with Crippen molar-refractivity contribution >= 4 is 23.1 Å². The van der Waals surface area contributed by atoms with Gasteiger partial charge in [0.1, 0.15) is 0 Å². The molecule has 0 saturated heterocycles. The van der Waals surface area contributed by atoms with Crippen LogP contribution in [0.5, 0.6) is 0 Å². The number of alkyl halides is 3. The van der Waals surface area contributed by atoms with E-state index in [9.17, 15) is 18.0 Å². The van der Waals surface area contributed by atoms with Gasteiger partial charge in [-0.15, -0.1) is 5.06 Å². The fourth-order valence-electron chi connectivity index (χ4n) is 1.85. The van der Waals surface area contributed by atoms with Gasteiger partial charge in [-0.3, -0.25) is 0 Å². The molecule has 0 atom stereocenters. The van der Waals surface area contributed by atoms with Crippen LogP contribution in [-0.2, 0) is 9.63 Å². The van der Waals surface area contributed by atoms with Gasteiger partial charge in [0.05, 0.1) is 6.54 Å². The highest BCUT2D eigenvalue weighted by Gasteiger charge is 2.42. The molecule has 3 nitrogen and oxygen atoms in total. The molecule has 0 unspecified atom stereocenters. The summed E-state index contributed by atoms with van der Waals surface area (Å²) in [4.78, 5) is 15.0. The van der Waals surface area contributed by atoms with Crippen LogP contribution in [0.2, 0.25) is 5.02 Å². The molecule has 0 spiro atoms. The number of carbonyl (C=O) groups is 1. The number of benzene rings is 1. The zero-order valence-electron chi connectivity index (χ0n) is 10.3. The molecule has 1 aromatic rings. The molecule has 7 heteroatoms. The highest BCUT2D eigenvalue weighted by atomic mass is 35.5. The van der Waals surface area contributed by atoms with Gasteiger partial charge in [0.2, 0.25) is 0 Å². The molecule has 0 bridgehead atoms. The summed E-state index contributed by atoms with van der Waals surface area (Å²) in [5.41, 5.74) is 1.88. The van der Waals surface area contributed by atoms with Crippen molar-refractivity contribution < 1.29 is 22.8 Å². The van der Waals surface area contributed by atoms with Gasteiger partial charge in [-0.25, -0.2) is 4.79 Å². The van der Waals surface area contributed by atoms with Crippen molar-refractivity contribution in [3.8, 4) is 0 Å². The molecule has 0 aromatic heterocycles. The number of hydrogen-bond acceptors (Lipinski definition) is 3. The van der Waals surface area contributed by atoms with Gasteiger partial charge in [0.25, 0.3) is 0 Å². The van der Waals surface area contributed by atoms with Crippen LogP contribution >= 0.6 is 11.6 Å². The van der Waals surface area contributed by atoms with Gasteiger partial charge >= 0.3 is 12.1 Å². The van der Waals surface area contributed by atoms with E-state index in [0.29, 0.717) is 11.4 Å². The lowest BCUT2D eigenvalue weighted by Gasteiger charge is -2.25. The molecule has 0 saturated carbocycles. The Hall–Kier alpha value is -1.53. The Morgan fingerprint density at radius 3 is 2.65 bits per heavy atom. The van der Waals surface area contributed by atoms with Gasteiger partial charge in [-0.1, -0.05) is 29.8 Å². The minimum Gasteiger partial charge on any atom is -0.360 e. The second kappa shape index (κ2) is 5.85. The molecule has 1 heterocycles. The second-order valence-corrected chi connectivity index (χ2v) is 4.69. The highest BCUT2D eigenvalue weighted by Crippen LogP contribution is 2.25. The van der Waals surface area contributed by atoms with Crippen molar-refractivity contribution in [2.45, 2.75) is 12.6 Å². The predicted octanol–water partition coefficient (Wildman–Crippen LogP) is 3.45. The first kappa shape index (κ1) is 14.9. The van der Waals surface area contributed by atoms with E-state index >= 15 is 0 Å². The quantitative estimate of drug-likeness (QED) is 0.838. The lowest BCUT2D eigenvalue weighted by Crippen LogP contribution is -2.37. The number of halogens is 4.